The van der Waals surface area contributed by atoms with Gasteiger partial charge in [0.05, 0.1) is 32.5 Å². The molecule has 12 nitrogen and oxygen atoms in total. The Kier molecular flexibility index (Phi) is 12.2. The number of nitrogens with zero attached hydrogens (tertiary/aromatic N) is 1. The molecule has 0 saturated carbocycles. The molecule has 206 valence electrons. The Morgan fingerprint density at radius 3 is 2.57 bits per heavy atom. The van der Waals surface area contributed by atoms with Gasteiger partial charge in [0.1, 0.15) is 18.5 Å². The highest BCUT2D eigenvalue weighted by Gasteiger charge is 2.36. The second-order valence-corrected chi connectivity index (χ2v) is 10.6. The summed E-state index contributed by atoms with van der Waals surface area (Å²) >= 11 is 0. The highest BCUT2D eigenvalue weighted by Crippen LogP contribution is 2.45. The second-order valence-electron chi connectivity index (χ2n) is 8.76. The molecule has 1 aliphatic heterocycles. The van der Waals surface area contributed by atoms with E-state index in [1.807, 2.05) is 12.2 Å². The molecule has 2 rings (SSSR count). The van der Waals surface area contributed by atoms with Crippen molar-refractivity contribution in [3.05, 3.63) is 42.1 Å². The Labute approximate surface area is 217 Å². The normalized spacial score (nSPS) is 21.0. The summed E-state index contributed by atoms with van der Waals surface area (Å²) in [5.41, 5.74) is 0.731. The molecular formula is C24H36N3O9P. The first kappa shape index (κ1) is 30.5. The zero-order valence-corrected chi connectivity index (χ0v) is 22.6. The Morgan fingerprint density at radius 2 is 1.95 bits per heavy atom. The van der Waals surface area contributed by atoms with Crippen LogP contribution in [0.3, 0.4) is 0 Å². The van der Waals surface area contributed by atoms with Crippen LogP contribution in [-0.2, 0) is 44.1 Å². The zero-order chi connectivity index (χ0) is 27.4. The third-order valence-corrected chi connectivity index (χ3v) is 6.80. The monoisotopic (exact) mass is 541 g/mol. The lowest BCUT2D eigenvalue weighted by molar-refractivity contribution is -0.146. The number of benzene rings is 1. The van der Waals surface area contributed by atoms with E-state index in [2.05, 4.69) is 5.09 Å². The maximum absolute atomic E-state index is 13.5. The first-order valence-electron chi connectivity index (χ1n) is 11.8. The van der Waals surface area contributed by atoms with E-state index in [1.165, 1.54) is 12.3 Å². The summed E-state index contributed by atoms with van der Waals surface area (Å²) in [7, 11) is -0.632. The predicted molar refractivity (Wildman–Crippen MR) is 134 cm³/mol. The number of carbonyl (C=O) groups is 3. The van der Waals surface area contributed by atoms with Crippen LogP contribution in [0.4, 0.5) is 0 Å². The Hall–Kier alpha value is -2.76. The van der Waals surface area contributed by atoms with Crippen molar-refractivity contribution < 1.29 is 42.2 Å². The van der Waals surface area contributed by atoms with Gasteiger partial charge in [-0.1, -0.05) is 19.1 Å². The smallest absolute Gasteiger partial charge is 0.406 e. The average molecular weight is 542 g/mol. The summed E-state index contributed by atoms with van der Waals surface area (Å²) in [5, 5.41) is 4.59. The third-order valence-electron chi connectivity index (χ3n) is 5.29. The largest absolute Gasteiger partial charge is 0.497 e. The lowest BCUT2D eigenvalue weighted by Gasteiger charge is -2.26. The van der Waals surface area contributed by atoms with Crippen LogP contribution in [0.2, 0.25) is 0 Å². The number of carbonyl (C=O) groups excluding carboxylic acids is 3. The van der Waals surface area contributed by atoms with E-state index in [1.54, 1.807) is 57.2 Å². The lowest BCUT2D eigenvalue weighted by Crippen LogP contribution is -2.32. The highest BCUT2D eigenvalue weighted by molar-refractivity contribution is 7.51. The number of imide groups is 1. The number of methoxy groups -OCH3 is 1. The van der Waals surface area contributed by atoms with Crippen LogP contribution in [0.25, 0.3) is 0 Å². The summed E-state index contributed by atoms with van der Waals surface area (Å²) in [6, 6.07) is 7.03. The molecule has 0 aromatic heterocycles. The van der Waals surface area contributed by atoms with E-state index in [0.29, 0.717) is 18.6 Å². The van der Waals surface area contributed by atoms with Gasteiger partial charge in [0.2, 0.25) is 6.41 Å². The van der Waals surface area contributed by atoms with Gasteiger partial charge in [-0.15, -0.1) is 0 Å². The molecule has 1 heterocycles. The van der Waals surface area contributed by atoms with E-state index >= 15 is 0 Å². The summed E-state index contributed by atoms with van der Waals surface area (Å²) in [4.78, 5) is 35.5. The number of ether oxygens (including phenoxy) is 3. The third kappa shape index (κ3) is 10.6. The van der Waals surface area contributed by atoms with Crippen LogP contribution >= 0.6 is 7.75 Å². The van der Waals surface area contributed by atoms with Gasteiger partial charge in [0.15, 0.2) is 0 Å². The average Bonchev–Trinajstić information content (AvgIpc) is 3.24. The van der Waals surface area contributed by atoms with Gasteiger partial charge < -0.3 is 19.1 Å². The van der Waals surface area contributed by atoms with E-state index in [0.717, 1.165) is 5.56 Å². The minimum atomic E-state index is -3.93. The van der Waals surface area contributed by atoms with Crippen molar-refractivity contribution in [3.8, 4) is 5.75 Å². The number of nitrogens with one attached hydrogen (secondary N) is 2. The van der Waals surface area contributed by atoms with Crippen LogP contribution in [0, 0.1) is 5.92 Å². The van der Waals surface area contributed by atoms with Crippen LogP contribution in [0.15, 0.2) is 36.5 Å². The minimum Gasteiger partial charge on any atom is -0.497 e. The molecule has 1 aliphatic rings. The second kappa shape index (κ2) is 14.8. The molecule has 4 unspecified atom stereocenters. The van der Waals surface area contributed by atoms with Gasteiger partial charge in [-0.25, -0.2) is 9.65 Å². The maximum Gasteiger partial charge on any atom is 0.406 e. The minimum absolute atomic E-state index is 0.0333. The fourth-order valence-electron chi connectivity index (χ4n) is 3.56. The predicted octanol–water partition coefficient (Wildman–Crippen LogP) is 2.35. The Morgan fingerprint density at radius 1 is 1.24 bits per heavy atom. The fraction of sp³-hybridized carbons (Fsp3) is 0.542. The highest BCUT2D eigenvalue weighted by atomic mass is 31.2. The number of esters is 1. The maximum atomic E-state index is 13.5. The van der Waals surface area contributed by atoms with Gasteiger partial charge >= 0.3 is 13.7 Å². The van der Waals surface area contributed by atoms with Gasteiger partial charge in [-0.3, -0.25) is 28.7 Å². The first-order valence-corrected chi connectivity index (χ1v) is 13.4. The number of hydrogen-bond donors (Lipinski definition) is 2. The van der Waals surface area contributed by atoms with E-state index < -0.39 is 25.7 Å². The SMILES string of the molecule is COc1ccc(COP(=O)(NCC(=O)OC(C)C)OCC2CC(C)C(N(C)/C=C\C(=O)NC=O)O2)cc1. The quantitative estimate of drug-likeness (QED) is 0.146. The summed E-state index contributed by atoms with van der Waals surface area (Å²) < 4.78 is 41.0. The number of rotatable bonds is 15. The van der Waals surface area contributed by atoms with Crippen molar-refractivity contribution >= 4 is 26.0 Å². The molecule has 0 bridgehead atoms. The van der Waals surface area contributed by atoms with Gasteiger partial charge in [0, 0.05) is 25.2 Å². The molecule has 2 amide bonds. The van der Waals surface area contributed by atoms with Crippen molar-refractivity contribution in [2.75, 3.05) is 27.3 Å². The number of amides is 2. The molecule has 1 aromatic carbocycles. The molecule has 1 fully saturated rings. The molecule has 2 N–H and O–H groups in total. The van der Waals surface area contributed by atoms with E-state index in [9.17, 15) is 18.9 Å². The van der Waals surface area contributed by atoms with Crippen LogP contribution in [0.5, 0.6) is 5.75 Å². The summed E-state index contributed by atoms with van der Waals surface area (Å²) in [6.45, 7) is 4.94. The molecule has 37 heavy (non-hydrogen) atoms. The van der Waals surface area contributed by atoms with Crippen molar-refractivity contribution in [2.24, 2.45) is 5.92 Å². The van der Waals surface area contributed by atoms with Gasteiger partial charge in [-0.05, 0) is 38.0 Å². The molecule has 1 saturated heterocycles. The van der Waals surface area contributed by atoms with Crippen LogP contribution in [-0.4, -0.2) is 68.9 Å². The molecule has 0 spiro atoms. The van der Waals surface area contributed by atoms with Crippen molar-refractivity contribution in [1.82, 2.24) is 15.3 Å². The van der Waals surface area contributed by atoms with Crippen LogP contribution in [0.1, 0.15) is 32.8 Å². The van der Waals surface area contributed by atoms with Crippen LogP contribution < -0.4 is 15.1 Å². The Bertz CT molecular complexity index is 971. The molecule has 1 aromatic rings. The van der Waals surface area contributed by atoms with Crippen molar-refractivity contribution in [1.29, 1.82) is 0 Å². The van der Waals surface area contributed by atoms with Crippen molar-refractivity contribution in [3.63, 3.8) is 0 Å². The standard InChI is InChI=1S/C24H36N3O9P/c1-17(2)35-23(30)13-26-37(31,33-14-19-6-8-20(32-5)9-7-19)34-15-21-12-18(3)24(36-21)27(4)11-10-22(29)25-16-28/h6-11,16-18,21,24H,12-15H2,1-5H3,(H,26,31)(H,25,28,29)/b11-10-. The molecule has 0 aliphatic carbocycles. The summed E-state index contributed by atoms with van der Waals surface area (Å²) in [5.74, 6) is -0.413. The zero-order valence-electron chi connectivity index (χ0n) is 21.7. The molecule has 4 atom stereocenters. The van der Waals surface area contributed by atoms with Gasteiger partial charge in [0.25, 0.3) is 5.91 Å². The molecule has 0 radical (unpaired) electrons. The molecular weight excluding hydrogens is 505 g/mol. The van der Waals surface area contributed by atoms with Gasteiger partial charge in [-0.2, -0.15) is 0 Å². The fourth-order valence-corrected chi connectivity index (χ4v) is 4.82. The van der Waals surface area contributed by atoms with E-state index in [4.69, 9.17) is 23.3 Å². The lowest BCUT2D eigenvalue weighted by atomic mass is 10.1. The number of hydrogen-bond acceptors (Lipinski definition) is 10. The van der Waals surface area contributed by atoms with E-state index in [-0.39, 0.29) is 38.0 Å². The summed E-state index contributed by atoms with van der Waals surface area (Å²) in [6.07, 6.45) is 2.52. The topological polar surface area (TPSA) is 142 Å². The van der Waals surface area contributed by atoms with Crippen molar-refractivity contribution in [2.45, 2.75) is 52.2 Å². The molecule has 13 heteroatoms. The first-order chi connectivity index (χ1) is 17.5. The Balaban J connectivity index is 1.99.